The Morgan fingerprint density at radius 2 is 1.63 bits per heavy atom. The summed E-state index contributed by atoms with van der Waals surface area (Å²) >= 11 is 0. The van der Waals surface area contributed by atoms with Crippen LogP contribution in [0.3, 0.4) is 0 Å². The van der Waals surface area contributed by atoms with Crippen LogP contribution in [0.1, 0.15) is 64.2 Å². The Morgan fingerprint density at radius 1 is 0.947 bits per heavy atom. The molecule has 1 heterocycles. The minimum Gasteiger partial charge on any atom is -0.480 e. The molecule has 3 heteroatoms. The second kappa shape index (κ2) is 5.82. The average molecular weight is 265 g/mol. The Balaban J connectivity index is 1.73. The van der Waals surface area contributed by atoms with Crippen LogP contribution in [0.15, 0.2) is 0 Å². The Hall–Kier alpha value is -0.570. The molecule has 3 unspecified atom stereocenters. The zero-order valence-corrected chi connectivity index (χ0v) is 11.9. The number of carboxylic acid groups (broad SMARTS) is 1. The zero-order valence-electron chi connectivity index (χ0n) is 11.9. The van der Waals surface area contributed by atoms with Gasteiger partial charge in [-0.25, -0.2) is 0 Å². The van der Waals surface area contributed by atoms with E-state index in [0.29, 0.717) is 6.04 Å². The van der Waals surface area contributed by atoms with Crippen LogP contribution in [0.4, 0.5) is 0 Å². The van der Waals surface area contributed by atoms with Crippen molar-refractivity contribution >= 4 is 5.97 Å². The van der Waals surface area contributed by atoms with E-state index in [1.54, 1.807) is 0 Å². The van der Waals surface area contributed by atoms with Gasteiger partial charge in [0.15, 0.2) is 0 Å². The van der Waals surface area contributed by atoms with Gasteiger partial charge in [0.1, 0.15) is 6.04 Å². The summed E-state index contributed by atoms with van der Waals surface area (Å²) in [4.78, 5) is 14.0. The van der Waals surface area contributed by atoms with Crippen molar-refractivity contribution in [3.63, 3.8) is 0 Å². The SMILES string of the molecule is O=C(O)C1CCC2CCCCC2N1CC1CCCC1. The van der Waals surface area contributed by atoms with Crippen LogP contribution >= 0.6 is 0 Å². The molecule has 0 spiro atoms. The molecule has 0 amide bonds. The summed E-state index contributed by atoms with van der Waals surface area (Å²) in [5.74, 6) is 0.968. The summed E-state index contributed by atoms with van der Waals surface area (Å²) in [7, 11) is 0. The average Bonchev–Trinajstić information content (AvgIpc) is 2.92. The molecule has 0 radical (unpaired) electrons. The second-order valence-electron chi connectivity index (χ2n) is 6.89. The van der Waals surface area contributed by atoms with E-state index in [-0.39, 0.29) is 6.04 Å². The van der Waals surface area contributed by atoms with Crippen molar-refractivity contribution in [2.75, 3.05) is 6.54 Å². The molecule has 1 saturated heterocycles. The maximum atomic E-state index is 11.6. The lowest BCUT2D eigenvalue weighted by molar-refractivity contribution is -0.148. The molecule has 2 saturated carbocycles. The Bertz CT molecular complexity index is 325. The van der Waals surface area contributed by atoms with Gasteiger partial charge in [-0.2, -0.15) is 0 Å². The normalized spacial score (nSPS) is 37.2. The van der Waals surface area contributed by atoms with Gasteiger partial charge >= 0.3 is 5.97 Å². The number of likely N-dealkylation sites (tertiary alicyclic amines) is 1. The van der Waals surface area contributed by atoms with Crippen molar-refractivity contribution in [3.05, 3.63) is 0 Å². The van der Waals surface area contributed by atoms with Gasteiger partial charge in [-0.1, -0.05) is 25.7 Å². The van der Waals surface area contributed by atoms with Crippen LogP contribution < -0.4 is 0 Å². The van der Waals surface area contributed by atoms with Crippen molar-refractivity contribution in [2.45, 2.75) is 76.3 Å². The van der Waals surface area contributed by atoms with Crippen LogP contribution in [0.2, 0.25) is 0 Å². The number of fused-ring (bicyclic) bond motifs is 1. The van der Waals surface area contributed by atoms with Crippen molar-refractivity contribution in [3.8, 4) is 0 Å². The Labute approximate surface area is 116 Å². The first-order valence-corrected chi connectivity index (χ1v) is 8.24. The predicted octanol–water partition coefficient (Wildman–Crippen LogP) is 3.28. The first-order valence-electron chi connectivity index (χ1n) is 8.24. The fourth-order valence-corrected chi connectivity index (χ4v) is 4.75. The van der Waals surface area contributed by atoms with E-state index in [1.165, 1.54) is 51.4 Å². The van der Waals surface area contributed by atoms with Gasteiger partial charge in [0.2, 0.25) is 0 Å². The summed E-state index contributed by atoms with van der Waals surface area (Å²) in [6.07, 6.45) is 12.6. The van der Waals surface area contributed by atoms with E-state index in [4.69, 9.17) is 0 Å². The largest absolute Gasteiger partial charge is 0.480 e. The van der Waals surface area contributed by atoms with E-state index in [9.17, 15) is 9.90 Å². The van der Waals surface area contributed by atoms with Gasteiger partial charge in [0.05, 0.1) is 0 Å². The third kappa shape index (κ3) is 2.81. The maximum absolute atomic E-state index is 11.6. The predicted molar refractivity (Wildman–Crippen MR) is 75.1 cm³/mol. The first-order chi connectivity index (χ1) is 9.25. The highest BCUT2D eigenvalue weighted by atomic mass is 16.4. The molecule has 3 fully saturated rings. The van der Waals surface area contributed by atoms with Crippen LogP contribution in [0.25, 0.3) is 0 Å². The van der Waals surface area contributed by atoms with Gasteiger partial charge in [-0.3, -0.25) is 9.69 Å². The minimum absolute atomic E-state index is 0.194. The molecule has 3 nitrogen and oxygen atoms in total. The van der Waals surface area contributed by atoms with Gasteiger partial charge in [-0.05, 0) is 50.4 Å². The summed E-state index contributed by atoms with van der Waals surface area (Å²) in [6, 6.07) is 0.379. The van der Waals surface area contributed by atoms with Crippen LogP contribution in [-0.2, 0) is 4.79 Å². The highest BCUT2D eigenvalue weighted by Gasteiger charge is 2.42. The molecule has 0 bridgehead atoms. The summed E-state index contributed by atoms with van der Waals surface area (Å²) in [6.45, 7) is 1.05. The van der Waals surface area contributed by atoms with E-state index in [1.807, 2.05) is 0 Å². The van der Waals surface area contributed by atoms with Gasteiger partial charge in [0, 0.05) is 12.6 Å². The summed E-state index contributed by atoms with van der Waals surface area (Å²) < 4.78 is 0. The number of nitrogens with zero attached hydrogens (tertiary/aromatic N) is 1. The van der Waals surface area contributed by atoms with Crippen LogP contribution in [0, 0.1) is 11.8 Å². The summed E-state index contributed by atoms with van der Waals surface area (Å²) in [5.41, 5.74) is 0. The van der Waals surface area contributed by atoms with Gasteiger partial charge in [0.25, 0.3) is 0 Å². The topological polar surface area (TPSA) is 40.5 Å². The number of carbonyl (C=O) groups is 1. The lowest BCUT2D eigenvalue weighted by Gasteiger charge is -2.48. The number of hydrogen-bond acceptors (Lipinski definition) is 2. The molecule has 0 aromatic rings. The smallest absolute Gasteiger partial charge is 0.320 e. The molecular weight excluding hydrogens is 238 g/mol. The van der Waals surface area contributed by atoms with E-state index in [0.717, 1.165) is 31.2 Å². The molecule has 1 N–H and O–H groups in total. The van der Waals surface area contributed by atoms with Crippen molar-refractivity contribution in [1.29, 1.82) is 0 Å². The van der Waals surface area contributed by atoms with Crippen molar-refractivity contribution in [2.24, 2.45) is 11.8 Å². The van der Waals surface area contributed by atoms with Crippen molar-refractivity contribution < 1.29 is 9.90 Å². The number of aliphatic carboxylic acids is 1. The minimum atomic E-state index is -0.581. The molecule has 19 heavy (non-hydrogen) atoms. The van der Waals surface area contributed by atoms with Gasteiger partial charge < -0.3 is 5.11 Å². The highest BCUT2D eigenvalue weighted by molar-refractivity contribution is 5.73. The van der Waals surface area contributed by atoms with E-state index < -0.39 is 5.97 Å². The number of rotatable bonds is 3. The molecule has 108 valence electrons. The molecule has 3 aliphatic rings. The molecular formula is C16H27NO2. The van der Waals surface area contributed by atoms with E-state index in [2.05, 4.69) is 4.90 Å². The quantitative estimate of drug-likeness (QED) is 0.851. The fourth-order valence-electron chi connectivity index (χ4n) is 4.75. The van der Waals surface area contributed by atoms with Crippen molar-refractivity contribution in [1.82, 2.24) is 4.90 Å². The Kier molecular flexibility index (Phi) is 4.11. The zero-order chi connectivity index (χ0) is 13.2. The molecule has 0 aromatic heterocycles. The third-order valence-corrected chi connectivity index (χ3v) is 5.73. The van der Waals surface area contributed by atoms with Crippen LogP contribution in [0.5, 0.6) is 0 Å². The molecule has 1 aliphatic heterocycles. The highest BCUT2D eigenvalue weighted by Crippen LogP contribution is 2.39. The molecule has 3 atom stereocenters. The number of carboxylic acids is 1. The monoisotopic (exact) mass is 265 g/mol. The molecule has 3 rings (SSSR count). The lowest BCUT2D eigenvalue weighted by Crippen LogP contribution is -2.56. The maximum Gasteiger partial charge on any atom is 0.320 e. The standard InChI is InChI=1S/C16H27NO2/c18-16(19)15-10-9-13-7-3-4-8-14(13)17(15)11-12-5-1-2-6-12/h12-15H,1-11H2,(H,18,19). The fraction of sp³-hybridized carbons (Fsp3) is 0.938. The summed E-state index contributed by atoms with van der Waals surface area (Å²) in [5, 5.41) is 9.53. The first kappa shape index (κ1) is 13.4. The second-order valence-corrected chi connectivity index (χ2v) is 6.89. The van der Waals surface area contributed by atoms with E-state index >= 15 is 0 Å². The molecule has 2 aliphatic carbocycles. The lowest BCUT2D eigenvalue weighted by atomic mass is 9.76. The molecule has 0 aromatic carbocycles. The number of hydrogen-bond donors (Lipinski definition) is 1. The third-order valence-electron chi connectivity index (χ3n) is 5.73. The Morgan fingerprint density at radius 3 is 2.37 bits per heavy atom. The number of piperidine rings is 1. The van der Waals surface area contributed by atoms with Gasteiger partial charge in [-0.15, -0.1) is 0 Å². The van der Waals surface area contributed by atoms with Crippen LogP contribution in [-0.4, -0.2) is 34.6 Å².